The Morgan fingerprint density at radius 2 is 2.05 bits per heavy atom. The van der Waals surface area contributed by atoms with E-state index in [0.717, 1.165) is 30.3 Å². The molecule has 1 heterocycles. The summed E-state index contributed by atoms with van der Waals surface area (Å²) >= 11 is 1.45. The Morgan fingerprint density at radius 3 is 2.85 bits per heavy atom. The van der Waals surface area contributed by atoms with Crippen molar-refractivity contribution in [3.05, 3.63) is 29.3 Å². The van der Waals surface area contributed by atoms with Crippen molar-refractivity contribution in [2.24, 2.45) is 0 Å². The van der Waals surface area contributed by atoms with Crippen molar-refractivity contribution in [1.82, 2.24) is 15.5 Å². The van der Waals surface area contributed by atoms with Crippen molar-refractivity contribution in [2.75, 3.05) is 13.2 Å². The first-order valence-electron chi connectivity index (χ1n) is 6.75. The van der Waals surface area contributed by atoms with Crippen LogP contribution in [0.2, 0.25) is 0 Å². The largest absolute Gasteiger partial charge is 0.494 e. The summed E-state index contributed by atoms with van der Waals surface area (Å²) in [7, 11) is 0. The fourth-order valence-electron chi connectivity index (χ4n) is 1.62. The molecule has 0 amide bonds. The van der Waals surface area contributed by atoms with Gasteiger partial charge in [0.05, 0.1) is 6.61 Å². The monoisotopic (exact) mass is 293 g/mol. The van der Waals surface area contributed by atoms with E-state index in [2.05, 4.69) is 22.4 Å². The van der Waals surface area contributed by atoms with Crippen LogP contribution in [-0.2, 0) is 6.54 Å². The Bertz CT molecular complexity index is 531. The minimum Gasteiger partial charge on any atom is -0.494 e. The van der Waals surface area contributed by atoms with Gasteiger partial charge in [0.15, 0.2) is 0 Å². The van der Waals surface area contributed by atoms with Gasteiger partial charge in [0.2, 0.25) is 0 Å². The maximum absolute atomic E-state index is 5.69. The normalized spacial score (nSPS) is 10.5. The van der Waals surface area contributed by atoms with Gasteiger partial charge in [-0.05, 0) is 32.0 Å². The molecule has 5 nitrogen and oxygen atoms in total. The number of hydrogen-bond donors (Lipinski definition) is 1. The SMILES string of the molecule is CCCNCc1nnc(Oc2cccc(OCC)c2)s1. The lowest BCUT2D eigenvalue weighted by Crippen LogP contribution is -2.13. The molecule has 2 aromatic rings. The van der Waals surface area contributed by atoms with Gasteiger partial charge in [-0.1, -0.05) is 29.4 Å². The number of aromatic nitrogens is 2. The second-order valence-electron chi connectivity index (χ2n) is 4.15. The van der Waals surface area contributed by atoms with E-state index in [1.807, 2.05) is 31.2 Å². The summed E-state index contributed by atoms with van der Waals surface area (Å²) in [4.78, 5) is 0. The number of ether oxygens (including phenoxy) is 2. The van der Waals surface area contributed by atoms with Crippen LogP contribution in [0.3, 0.4) is 0 Å². The van der Waals surface area contributed by atoms with Gasteiger partial charge in [0.25, 0.3) is 5.19 Å². The van der Waals surface area contributed by atoms with Crippen LogP contribution in [0, 0.1) is 0 Å². The average Bonchev–Trinajstić information content (AvgIpc) is 2.87. The van der Waals surface area contributed by atoms with Crippen molar-refractivity contribution in [1.29, 1.82) is 0 Å². The second-order valence-corrected chi connectivity index (χ2v) is 5.17. The van der Waals surface area contributed by atoms with E-state index < -0.39 is 0 Å². The summed E-state index contributed by atoms with van der Waals surface area (Å²) in [5.41, 5.74) is 0. The van der Waals surface area contributed by atoms with Gasteiger partial charge in [-0.15, -0.1) is 5.10 Å². The van der Waals surface area contributed by atoms with Gasteiger partial charge >= 0.3 is 0 Å². The Morgan fingerprint density at radius 1 is 1.20 bits per heavy atom. The number of benzene rings is 1. The molecule has 1 aromatic heterocycles. The maximum atomic E-state index is 5.69. The molecule has 0 spiro atoms. The topological polar surface area (TPSA) is 56.3 Å². The fourth-order valence-corrected chi connectivity index (χ4v) is 2.29. The first-order valence-corrected chi connectivity index (χ1v) is 7.57. The highest BCUT2D eigenvalue weighted by Crippen LogP contribution is 2.27. The molecule has 0 bridgehead atoms. The van der Waals surface area contributed by atoms with Crippen molar-refractivity contribution in [2.45, 2.75) is 26.8 Å². The van der Waals surface area contributed by atoms with Crippen LogP contribution in [-0.4, -0.2) is 23.3 Å². The Kier molecular flexibility index (Phi) is 5.76. The van der Waals surface area contributed by atoms with E-state index in [-0.39, 0.29) is 0 Å². The molecule has 1 N–H and O–H groups in total. The lowest BCUT2D eigenvalue weighted by Gasteiger charge is -2.05. The van der Waals surface area contributed by atoms with Gasteiger partial charge < -0.3 is 14.8 Å². The molecule has 0 saturated heterocycles. The molecule has 0 unspecified atom stereocenters. The predicted octanol–water partition coefficient (Wildman–Crippen LogP) is 3.23. The predicted molar refractivity (Wildman–Crippen MR) is 79.6 cm³/mol. The third-order valence-electron chi connectivity index (χ3n) is 2.47. The van der Waals surface area contributed by atoms with Crippen LogP contribution in [0.1, 0.15) is 25.3 Å². The molecular formula is C14H19N3O2S. The summed E-state index contributed by atoms with van der Waals surface area (Å²) in [5, 5.41) is 12.9. The highest BCUT2D eigenvalue weighted by Gasteiger charge is 2.06. The van der Waals surface area contributed by atoms with Gasteiger partial charge in [0, 0.05) is 12.6 Å². The van der Waals surface area contributed by atoms with Gasteiger partial charge in [0.1, 0.15) is 16.5 Å². The minimum atomic E-state index is 0.548. The van der Waals surface area contributed by atoms with E-state index in [4.69, 9.17) is 9.47 Å². The van der Waals surface area contributed by atoms with Crippen LogP contribution in [0.15, 0.2) is 24.3 Å². The van der Waals surface area contributed by atoms with Crippen LogP contribution in [0.4, 0.5) is 0 Å². The Balaban J connectivity index is 1.94. The van der Waals surface area contributed by atoms with Crippen molar-refractivity contribution >= 4 is 11.3 Å². The Labute approximate surface area is 123 Å². The molecule has 0 radical (unpaired) electrons. The molecule has 20 heavy (non-hydrogen) atoms. The van der Waals surface area contributed by atoms with Crippen molar-refractivity contribution < 1.29 is 9.47 Å². The van der Waals surface area contributed by atoms with Crippen molar-refractivity contribution in [3.8, 4) is 16.7 Å². The molecule has 0 fully saturated rings. The van der Waals surface area contributed by atoms with Gasteiger partial charge in [-0.25, -0.2) is 0 Å². The van der Waals surface area contributed by atoms with Gasteiger partial charge in [-0.2, -0.15) is 0 Å². The Hall–Kier alpha value is -1.66. The molecule has 0 atom stereocenters. The van der Waals surface area contributed by atoms with E-state index in [1.165, 1.54) is 11.3 Å². The van der Waals surface area contributed by atoms with Crippen LogP contribution >= 0.6 is 11.3 Å². The molecule has 1 aromatic carbocycles. The van der Waals surface area contributed by atoms with E-state index in [0.29, 0.717) is 17.6 Å². The molecule has 0 aliphatic carbocycles. The average molecular weight is 293 g/mol. The smallest absolute Gasteiger partial charge is 0.299 e. The molecule has 2 rings (SSSR count). The zero-order valence-corrected chi connectivity index (χ0v) is 12.6. The first kappa shape index (κ1) is 14.7. The second kappa shape index (κ2) is 7.81. The summed E-state index contributed by atoms with van der Waals surface area (Å²) < 4.78 is 11.1. The first-order chi connectivity index (χ1) is 9.81. The summed E-state index contributed by atoms with van der Waals surface area (Å²) in [5.74, 6) is 1.50. The zero-order chi connectivity index (χ0) is 14.2. The molecule has 108 valence electrons. The zero-order valence-electron chi connectivity index (χ0n) is 11.8. The number of rotatable bonds is 8. The fraction of sp³-hybridized carbons (Fsp3) is 0.429. The van der Waals surface area contributed by atoms with E-state index >= 15 is 0 Å². The molecule has 0 aliphatic rings. The molecule has 0 saturated carbocycles. The summed E-state index contributed by atoms with van der Waals surface area (Å²) in [6, 6.07) is 7.51. The van der Waals surface area contributed by atoms with Crippen molar-refractivity contribution in [3.63, 3.8) is 0 Å². The van der Waals surface area contributed by atoms with Crippen LogP contribution < -0.4 is 14.8 Å². The lowest BCUT2D eigenvalue weighted by molar-refractivity contribution is 0.338. The highest BCUT2D eigenvalue weighted by molar-refractivity contribution is 7.13. The van der Waals surface area contributed by atoms with E-state index in [9.17, 15) is 0 Å². The third kappa shape index (κ3) is 4.47. The number of nitrogens with zero attached hydrogens (tertiary/aromatic N) is 2. The van der Waals surface area contributed by atoms with Crippen LogP contribution in [0.25, 0.3) is 0 Å². The number of hydrogen-bond acceptors (Lipinski definition) is 6. The number of nitrogens with one attached hydrogen (secondary N) is 1. The maximum Gasteiger partial charge on any atom is 0.299 e. The molecule has 0 aliphatic heterocycles. The summed E-state index contributed by atoms with van der Waals surface area (Å²) in [6.45, 7) is 6.43. The highest BCUT2D eigenvalue weighted by atomic mass is 32.1. The molecular weight excluding hydrogens is 274 g/mol. The van der Waals surface area contributed by atoms with E-state index in [1.54, 1.807) is 0 Å². The summed E-state index contributed by atoms with van der Waals surface area (Å²) in [6.07, 6.45) is 1.10. The minimum absolute atomic E-state index is 0.548. The molecule has 6 heteroatoms. The quantitative estimate of drug-likeness (QED) is 0.757. The lowest BCUT2D eigenvalue weighted by atomic mass is 10.3. The van der Waals surface area contributed by atoms with Crippen LogP contribution in [0.5, 0.6) is 16.7 Å². The van der Waals surface area contributed by atoms with Gasteiger partial charge in [-0.3, -0.25) is 0 Å². The standard InChI is InChI=1S/C14H19N3O2S/c1-3-8-15-10-13-16-17-14(20-13)19-12-7-5-6-11(9-12)18-4-2/h5-7,9,15H,3-4,8,10H2,1-2H3. The third-order valence-corrected chi connectivity index (χ3v) is 3.27.